The molecular weight excluding hydrogens is 200 g/mol. The third-order valence-electron chi connectivity index (χ3n) is 3.11. The maximum Gasteiger partial charge on any atom is 0.132 e. The Hall–Kier alpha value is -1.68. The van der Waals surface area contributed by atoms with Gasteiger partial charge in [0.1, 0.15) is 5.82 Å². The Morgan fingerprint density at radius 1 is 1.31 bits per heavy atom. The summed E-state index contributed by atoms with van der Waals surface area (Å²) in [6, 6.07) is 4.29. The van der Waals surface area contributed by atoms with Gasteiger partial charge in [-0.2, -0.15) is 0 Å². The third-order valence-corrected chi connectivity index (χ3v) is 3.11. The van der Waals surface area contributed by atoms with Gasteiger partial charge in [-0.25, -0.2) is 9.97 Å². The molecule has 0 aliphatic heterocycles. The molecule has 1 fully saturated rings. The van der Waals surface area contributed by atoms with Gasteiger partial charge in [0.25, 0.3) is 0 Å². The topological polar surface area (TPSA) is 67.6 Å². The summed E-state index contributed by atoms with van der Waals surface area (Å²) in [6.07, 6.45) is 7.69. The van der Waals surface area contributed by atoms with Crippen molar-refractivity contribution in [3.8, 4) is 11.3 Å². The van der Waals surface area contributed by atoms with Gasteiger partial charge in [-0.15, -0.1) is 0 Å². The second kappa shape index (κ2) is 3.72. The molecule has 0 unspecified atom stereocenters. The summed E-state index contributed by atoms with van der Waals surface area (Å²) in [5, 5.41) is 0. The van der Waals surface area contributed by atoms with Crippen LogP contribution < -0.4 is 5.73 Å². The summed E-state index contributed by atoms with van der Waals surface area (Å²) in [5.74, 6) is 1.38. The van der Waals surface area contributed by atoms with Crippen molar-refractivity contribution in [1.29, 1.82) is 0 Å². The molecule has 0 bridgehead atoms. The summed E-state index contributed by atoms with van der Waals surface area (Å²) in [4.78, 5) is 11.9. The molecule has 2 aromatic rings. The van der Waals surface area contributed by atoms with E-state index < -0.39 is 0 Å². The van der Waals surface area contributed by atoms with Crippen LogP contribution in [-0.4, -0.2) is 21.0 Å². The van der Waals surface area contributed by atoms with E-state index in [2.05, 4.69) is 15.0 Å². The molecule has 0 saturated heterocycles. The SMILES string of the molecule is NC1CC(c2nccc(-c3cc[nH]c3)n2)C1. The lowest BCUT2D eigenvalue weighted by atomic mass is 9.80. The average Bonchev–Trinajstić information content (AvgIpc) is 2.78. The molecule has 0 radical (unpaired) electrons. The molecule has 1 aliphatic rings. The highest BCUT2D eigenvalue weighted by atomic mass is 14.9. The lowest BCUT2D eigenvalue weighted by molar-refractivity contribution is 0.338. The number of nitrogens with zero attached hydrogens (tertiary/aromatic N) is 2. The minimum absolute atomic E-state index is 0.338. The predicted octanol–water partition coefficient (Wildman–Crippen LogP) is 1.68. The molecule has 1 aliphatic carbocycles. The largest absolute Gasteiger partial charge is 0.367 e. The highest BCUT2D eigenvalue weighted by Crippen LogP contribution is 2.34. The van der Waals surface area contributed by atoms with E-state index in [1.165, 1.54) is 0 Å². The smallest absolute Gasteiger partial charge is 0.132 e. The summed E-state index contributed by atoms with van der Waals surface area (Å²) < 4.78 is 0. The minimum Gasteiger partial charge on any atom is -0.367 e. The first-order valence-corrected chi connectivity index (χ1v) is 5.54. The summed E-state index contributed by atoms with van der Waals surface area (Å²) in [7, 11) is 0. The maximum absolute atomic E-state index is 5.78. The lowest BCUT2D eigenvalue weighted by Crippen LogP contribution is -2.35. The van der Waals surface area contributed by atoms with E-state index in [1.54, 1.807) is 0 Å². The number of nitrogens with one attached hydrogen (secondary N) is 1. The Balaban J connectivity index is 1.89. The van der Waals surface area contributed by atoms with Crippen LogP contribution >= 0.6 is 0 Å². The fourth-order valence-corrected chi connectivity index (χ4v) is 2.09. The van der Waals surface area contributed by atoms with Crippen LogP contribution in [0.5, 0.6) is 0 Å². The summed E-state index contributed by atoms with van der Waals surface area (Å²) >= 11 is 0. The van der Waals surface area contributed by atoms with Crippen molar-refractivity contribution in [1.82, 2.24) is 15.0 Å². The van der Waals surface area contributed by atoms with Gasteiger partial charge >= 0.3 is 0 Å². The minimum atomic E-state index is 0.338. The Morgan fingerprint density at radius 2 is 2.19 bits per heavy atom. The molecule has 16 heavy (non-hydrogen) atoms. The molecule has 0 amide bonds. The van der Waals surface area contributed by atoms with Crippen LogP contribution in [0.3, 0.4) is 0 Å². The molecule has 2 aromatic heterocycles. The van der Waals surface area contributed by atoms with Crippen LogP contribution in [0.15, 0.2) is 30.7 Å². The van der Waals surface area contributed by atoms with Crippen LogP contribution in [0, 0.1) is 0 Å². The summed E-state index contributed by atoms with van der Waals surface area (Å²) in [6.45, 7) is 0. The van der Waals surface area contributed by atoms with Crippen molar-refractivity contribution in [3.05, 3.63) is 36.5 Å². The molecule has 1 saturated carbocycles. The zero-order chi connectivity index (χ0) is 11.0. The maximum atomic E-state index is 5.78. The van der Waals surface area contributed by atoms with Crippen LogP contribution in [-0.2, 0) is 0 Å². The fraction of sp³-hybridized carbons (Fsp3) is 0.333. The van der Waals surface area contributed by atoms with Crippen molar-refractivity contribution >= 4 is 0 Å². The molecule has 4 nitrogen and oxygen atoms in total. The summed E-state index contributed by atoms with van der Waals surface area (Å²) in [5.41, 5.74) is 7.86. The first-order chi connectivity index (χ1) is 7.83. The number of hydrogen-bond acceptors (Lipinski definition) is 3. The Labute approximate surface area is 93.9 Å². The predicted molar refractivity (Wildman–Crippen MR) is 61.8 cm³/mol. The van der Waals surface area contributed by atoms with Gasteiger partial charge in [0, 0.05) is 36.1 Å². The number of hydrogen-bond donors (Lipinski definition) is 2. The highest BCUT2D eigenvalue weighted by molar-refractivity contribution is 5.57. The van der Waals surface area contributed by atoms with Gasteiger partial charge in [0.2, 0.25) is 0 Å². The number of rotatable bonds is 2. The Bertz CT molecular complexity index is 472. The van der Waals surface area contributed by atoms with E-state index in [0.29, 0.717) is 12.0 Å². The van der Waals surface area contributed by atoms with Crippen molar-refractivity contribution in [2.45, 2.75) is 24.8 Å². The zero-order valence-corrected chi connectivity index (χ0v) is 8.93. The molecule has 3 N–H and O–H groups in total. The van der Waals surface area contributed by atoms with Gasteiger partial charge in [-0.1, -0.05) is 0 Å². The Kier molecular flexibility index (Phi) is 2.22. The van der Waals surface area contributed by atoms with E-state index in [9.17, 15) is 0 Å². The number of aromatic amines is 1. The second-order valence-electron chi connectivity index (χ2n) is 4.33. The van der Waals surface area contributed by atoms with E-state index in [-0.39, 0.29) is 0 Å². The molecule has 0 aromatic carbocycles. The van der Waals surface area contributed by atoms with E-state index in [0.717, 1.165) is 29.9 Å². The van der Waals surface area contributed by atoms with Gasteiger partial charge in [0.05, 0.1) is 5.69 Å². The van der Waals surface area contributed by atoms with Gasteiger partial charge in [-0.3, -0.25) is 0 Å². The van der Waals surface area contributed by atoms with Gasteiger partial charge in [0.15, 0.2) is 0 Å². The van der Waals surface area contributed by atoms with Crippen molar-refractivity contribution in [2.24, 2.45) is 5.73 Å². The van der Waals surface area contributed by atoms with Gasteiger partial charge < -0.3 is 10.7 Å². The first kappa shape index (κ1) is 9.54. The first-order valence-electron chi connectivity index (χ1n) is 5.54. The van der Waals surface area contributed by atoms with Gasteiger partial charge in [-0.05, 0) is 25.0 Å². The zero-order valence-electron chi connectivity index (χ0n) is 8.93. The Morgan fingerprint density at radius 3 is 2.88 bits per heavy atom. The second-order valence-corrected chi connectivity index (χ2v) is 4.33. The van der Waals surface area contributed by atoms with E-state index >= 15 is 0 Å². The number of nitrogens with two attached hydrogens (primary N) is 1. The van der Waals surface area contributed by atoms with Crippen LogP contribution in [0.4, 0.5) is 0 Å². The molecule has 0 atom stereocenters. The highest BCUT2D eigenvalue weighted by Gasteiger charge is 2.29. The quantitative estimate of drug-likeness (QED) is 0.799. The monoisotopic (exact) mass is 214 g/mol. The molecule has 82 valence electrons. The molecule has 0 spiro atoms. The van der Waals surface area contributed by atoms with Crippen molar-refractivity contribution in [2.75, 3.05) is 0 Å². The molecule has 2 heterocycles. The number of H-pyrrole nitrogens is 1. The van der Waals surface area contributed by atoms with E-state index in [4.69, 9.17) is 5.73 Å². The fourth-order valence-electron chi connectivity index (χ4n) is 2.09. The van der Waals surface area contributed by atoms with Crippen LogP contribution in [0.25, 0.3) is 11.3 Å². The normalized spacial score (nSPS) is 24.1. The van der Waals surface area contributed by atoms with Crippen LogP contribution in [0.1, 0.15) is 24.6 Å². The van der Waals surface area contributed by atoms with E-state index in [1.807, 2.05) is 30.7 Å². The number of aromatic nitrogens is 3. The lowest BCUT2D eigenvalue weighted by Gasteiger charge is -2.31. The average molecular weight is 214 g/mol. The third kappa shape index (κ3) is 1.61. The molecule has 3 rings (SSSR count). The van der Waals surface area contributed by atoms with Crippen molar-refractivity contribution < 1.29 is 0 Å². The van der Waals surface area contributed by atoms with Crippen molar-refractivity contribution in [3.63, 3.8) is 0 Å². The van der Waals surface area contributed by atoms with Crippen LogP contribution in [0.2, 0.25) is 0 Å². The standard InChI is InChI=1S/C12H14N4/c13-10-5-9(6-10)12-15-4-2-11(16-12)8-1-3-14-7-8/h1-4,7,9-10,14H,5-6,13H2. The molecule has 4 heteroatoms. The molecular formula is C12H14N4.